The number of anilines is 1. The third-order valence-corrected chi connectivity index (χ3v) is 5.61. The largest absolute Gasteiger partial charge is 0.490 e. The Labute approximate surface area is 155 Å². The minimum Gasteiger partial charge on any atom is -0.490 e. The van der Waals surface area contributed by atoms with Gasteiger partial charge in [0, 0.05) is 0 Å². The van der Waals surface area contributed by atoms with E-state index < -0.39 is 10.0 Å². The summed E-state index contributed by atoms with van der Waals surface area (Å²) < 4.78 is 39.5. The zero-order valence-electron chi connectivity index (χ0n) is 15.1. The third-order valence-electron chi connectivity index (χ3n) is 4.23. The van der Waals surface area contributed by atoms with Crippen LogP contribution in [0.1, 0.15) is 39.5 Å². The number of benzene rings is 2. The number of hydrogen-bond acceptors (Lipinski definition) is 4. The Morgan fingerprint density at radius 1 is 1.00 bits per heavy atom. The molecule has 0 spiro atoms. The van der Waals surface area contributed by atoms with Crippen LogP contribution in [0.25, 0.3) is 0 Å². The van der Waals surface area contributed by atoms with E-state index in [0.717, 1.165) is 12.8 Å². The van der Waals surface area contributed by atoms with E-state index in [1.54, 1.807) is 42.5 Å². The molecular formula is C20H25NO4S. The summed E-state index contributed by atoms with van der Waals surface area (Å²) in [5, 5.41) is 0. The van der Waals surface area contributed by atoms with Crippen molar-refractivity contribution in [2.45, 2.75) is 56.6 Å². The van der Waals surface area contributed by atoms with Gasteiger partial charge in [-0.1, -0.05) is 12.1 Å². The number of rotatable bonds is 7. The van der Waals surface area contributed by atoms with Gasteiger partial charge in [0.1, 0.15) is 11.5 Å². The van der Waals surface area contributed by atoms with Gasteiger partial charge in [0.15, 0.2) is 0 Å². The van der Waals surface area contributed by atoms with Gasteiger partial charge in [-0.3, -0.25) is 4.72 Å². The summed E-state index contributed by atoms with van der Waals surface area (Å²) in [4.78, 5) is 0.190. The Hall–Kier alpha value is -2.21. The molecule has 0 bridgehead atoms. The van der Waals surface area contributed by atoms with Crippen molar-refractivity contribution in [1.82, 2.24) is 0 Å². The highest BCUT2D eigenvalue weighted by molar-refractivity contribution is 7.92. The van der Waals surface area contributed by atoms with Crippen molar-refractivity contribution < 1.29 is 17.9 Å². The fourth-order valence-electron chi connectivity index (χ4n) is 3.01. The van der Waals surface area contributed by atoms with Crippen LogP contribution >= 0.6 is 0 Å². The highest BCUT2D eigenvalue weighted by Gasteiger charge is 2.19. The van der Waals surface area contributed by atoms with E-state index >= 15 is 0 Å². The SMILES string of the molecule is CC(C)Oc1ccccc1NS(=O)(=O)c1ccc(OC2CCCC2)cc1. The molecule has 1 aliphatic carbocycles. The van der Waals surface area contributed by atoms with E-state index in [9.17, 15) is 8.42 Å². The molecule has 26 heavy (non-hydrogen) atoms. The van der Waals surface area contributed by atoms with Crippen molar-refractivity contribution in [3.63, 3.8) is 0 Å². The van der Waals surface area contributed by atoms with Crippen LogP contribution in [0.2, 0.25) is 0 Å². The van der Waals surface area contributed by atoms with Crippen molar-refractivity contribution in [2.75, 3.05) is 4.72 Å². The Bertz CT molecular complexity index is 825. The molecule has 0 heterocycles. The van der Waals surface area contributed by atoms with Gasteiger partial charge in [0.2, 0.25) is 0 Å². The second-order valence-corrected chi connectivity index (χ2v) is 8.45. The zero-order valence-corrected chi connectivity index (χ0v) is 16.0. The van der Waals surface area contributed by atoms with Crippen LogP contribution in [0.15, 0.2) is 53.4 Å². The molecule has 5 nitrogen and oxygen atoms in total. The highest BCUT2D eigenvalue weighted by Crippen LogP contribution is 2.29. The highest BCUT2D eigenvalue weighted by atomic mass is 32.2. The average Bonchev–Trinajstić information content (AvgIpc) is 3.09. The van der Waals surface area contributed by atoms with Gasteiger partial charge in [0.05, 0.1) is 22.8 Å². The van der Waals surface area contributed by atoms with E-state index in [1.807, 2.05) is 19.9 Å². The van der Waals surface area contributed by atoms with E-state index in [0.29, 0.717) is 17.2 Å². The molecule has 0 atom stereocenters. The maximum atomic E-state index is 12.7. The lowest BCUT2D eigenvalue weighted by molar-refractivity contribution is 0.210. The van der Waals surface area contributed by atoms with Crippen molar-refractivity contribution in [3.8, 4) is 11.5 Å². The number of nitrogens with one attached hydrogen (secondary N) is 1. The minimum atomic E-state index is -3.70. The van der Waals surface area contributed by atoms with E-state index in [4.69, 9.17) is 9.47 Å². The predicted molar refractivity (Wildman–Crippen MR) is 102 cm³/mol. The first-order valence-electron chi connectivity index (χ1n) is 8.99. The Morgan fingerprint density at radius 2 is 1.65 bits per heavy atom. The summed E-state index contributed by atoms with van der Waals surface area (Å²) in [5.74, 6) is 1.21. The molecule has 0 aliphatic heterocycles. The first-order chi connectivity index (χ1) is 12.4. The number of sulfonamides is 1. The lowest BCUT2D eigenvalue weighted by Crippen LogP contribution is -2.15. The topological polar surface area (TPSA) is 64.6 Å². The van der Waals surface area contributed by atoms with Gasteiger partial charge in [-0.05, 0) is 75.9 Å². The number of para-hydroxylation sites is 2. The quantitative estimate of drug-likeness (QED) is 0.768. The van der Waals surface area contributed by atoms with Crippen LogP contribution in [-0.2, 0) is 10.0 Å². The minimum absolute atomic E-state index is 0.0485. The Balaban J connectivity index is 1.74. The summed E-state index contributed by atoms with van der Waals surface area (Å²) in [6.07, 6.45) is 4.71. The molecule has 2 aromatic rings. The van der Waals surface area contributed by atoms with Gasteiger partial charge in [-0.2, -0.15) is 0 Å². The maximum Gasteiger partial charge on any atom is 0.262 e. The standard InChI is InChI=1S/C20H25NO4S/c1-15(2)24-20-10-6-5-9-19(20)21-26(22,23)18-13-11-17(12-14-18)25-16-7-3-4-8-16/h5-6,9-16,21H,3-4,7-8H2,1-2H3. The molecule has 140 valence electrons. The molecule has 1 saturated carbocycles. The smallest absolute Gasteiger partial charge is 0.262 e. The molecule has 3 rings (SSSR count). The van der Waals surface area contributed by atoms with Gasteiger partial charge < -0.3 is 9.47 Å². The number of ether oxygens (including phenoxy) is 2. The van der Waals surface area contributed by atoms with Crippen LogP contribution in [-0.4, -0.2) is 20.6 Å². The lowest BCUT2D eigenvalue weighted by atomic mass is 10.3. The molecule has 6 heteroatoms. The van der Waals surface area contributed by atoms with Crippen molar-refractivity contribution in [3.05, 3.63) is 48.5 Å². The molecule has 0 amide bonds. The second-order valence-electron chi connectivity index (χ2n) is 6.76. The maximum absolute atomic E-state index is 12.7. The molecule has 0 radical (unpaired) electrons. The normalized spacial score (nSPS) is 15.2. The number of hydrogen-bond donors (Lipinski definition) is 1. The fraction of sp³-hybridized carbons (Fsp3) is 0.400. The van der Waals surface area contributed by atoms with Gasteiger partial charge in [0.25, 0.3) is 10.0 Å². The molecule has 1 fully saturated rings. The summed E-state index contributed by atoms with van der Waals surface area (Å²) >= 11 is 0. The zero-order chi connectivity index (χ0) is 18.6. The second kappa shape index (κ2) is 7.99. The Kier molecular flexibility index (Phi) is 5.71. The lowest BCUT2D eigenvalue weighted by Gasteiger charge is -2.16. The fourth-order valence-corrected chi connectivity index (χ4v) is 4.08. The van der Waals surface area contributed by atoms with E-state index in [-0.39, 0.29) is 17.1 Å². The predicted octanol–water partition coefficient (Wildman–Crippen LogP) is 4.60. The summed E-state index contributed by atoms with van der Waals surface area (Å²) in [6, 6.07) is 13.6. The van der Waals surface area contributed by atoms with Crippen molar-refractivity contribution in [1.29, 1.82) is 0 Å². The van der Waals surface area contributed by atoms with Crippen molar-refractivity contribution >= 4 is 15.7 Å². The van der Waals surface area contributed by atoms with Crippen LogP contribution in [0, 0.1) is 0 Å². The monoisotopic (exact) mass is 375 g/mol. The molecule has 1 N–H and O–H groups in total. The van der Waals surface area contributed by atoms with Crippen LogP contribution in [0.5, 0.6) is 11.5 Å². The first kappa shape index (κ1) is 18.6. The van der Waals surface area contributed by atoms with Crippen LogP contribution < -0.4 is 14.2 Å². The molecule has 0 saturated heterocycles. The van der Waals surface area contributed by atoms with Crippen molar-refractivity contribution in [2.24, 2.45) is 0 Å². The van der Waals surface area contributed by atoms with Crippen LogP contribution in [0.3, 0.4) is 0 Å². The van der Waals surface area contributed by atoms with Gasteiger partial charge in [-0.25, -0.2) is 8.42 Å². The van der Waals surface area contributed by atoms with Crippen LogP contribution in [0.4, 0.5) is 5.69 Å². The van der Waals surface area contributed by atoms with Gasteiger partial charge >= 0.3 is 0 Å². The van der Waals surface area contributed by atoms with E-state index in [2.05, 4.69) is 4.72 Å². The van der Waals surface area contributed by atoms with E-state index in [1.165, 1.54) is 12.8 Å². The first-order valence-corrected chi connectivity index (χ1v) is 10.5. The molecular weight excluding hydrogens is 350 g/mol. The molecule has 1 aliphatic rings. The summed E-state index contributed by atoms with van der Waals surface area (Å²) in [5.41, 5.74) is 0.424. The summed E-state index contributed by atoms with van der Waals surface area (Å²) in [7, 11) is -3.70. The molecule has 2 aromatic carbocycles. The molecule has 0 unspecified atom stereocenters. The van der Waals surface area contributed by atoms with Gasteiger partial charge in [-0.15, -0.1) is 0 Å². The molecule has 0 aromatic heterocycles. The summed E-state index contributed by atoms with van der Waals surface area (Å²) in [6.45, 7) is 3.79. The Morgan fingerprint density at radius 3 is 2.31 bits per heavy atom. The third kappa shape index (κ3) is 4.69. The average molecular weight is 375 g/mol.